The number of rotatable bonds is 5. The fourth-order valence-electron chi connectivity index (χ4n) is 2.95. The quantitative estimate of drug-likeness (QED) is 0.765. The van der Waals surface area contributed by atoms with E-state index in [9.17, 15) is 4.79 Å². The number of ether oxygens (including phenoxy) is 1. The monoisotopic (exact) mass is 349 g/mol. The van der Waals surface area contributed by atoms with E-state index in [2.05, 4.69) is 15.5 Å². The lowest BCUT2D eigenvalue weighted by Gasteiger charge is -2.10. The van der Waals surface area contributed by atoms with Crippen LogP contribution in [0.5, 0.6) is 0 Å². The van der Waals surface area contributed by atoms with Crippen LogP contribution in [0.1, 0.15) is 23.2 Å². The first-order valence-electron chi connectivity index (χ1n) is 8.69. The standard InChI is InChI=1S/C20H19N3O3/c24-19(21-13-17-10-5-11-25-17)15-8-4-9-16(12-15)20-22-18(23-26-20)14-6-2-1-3-7-14/h1-4,6-9,12,17H,5,10-11,13H2,(H,21,24). The third-order valence-corrected chi connectivity index (χ3v) is 4.34. The van der Waals surface area contributed by atoms with E-state index in [1.807, 2.05) is 42.5 Å². The van der Waals surface area contributed by atoms with E-state index in [1.165, 1.54) is 0 Å². The van der Waals surface area contributed by atoms with E-state index in [1.54, 1.807) is 12.1 Å². The molecule has 1 aliphatic rings. The topological polar surface area (TPSA) is 77.2 Å². The summed E-state index contributed by atoms with van der Waals surface area (Å²) < 4.78 is 10.9. The lowest BCUT2D eigenvalue weighted by atomic mass is 10.1. The molecule has 1 fully saturated rings. The molecular formula is C20H19N3O3. The zero-order valence-electron chi connectivity index (χ0n) is 14.2. The molecule has 1 unspecified atom stereocenters. The highest BCUT2D eigenvalue weighted by molar-refractivity contribution is 5.95. The van der Waals surface area contributed by atoms with Gasteiger partial charge in [0.25, 0.3) is 11.8 Å². The van der Waals surface area contributed by atoms with Crippen molar-refractivity contribution in [3.63, 3.8) is 0 Å². The van der Waals surface area contributed by atoms with Gasteiger partial charge >= 0.3 is 0 Å². The Hall–Kier alpha value is -2.99. The SMILES string of the molecule is O=C(NCC1CCCO1)c1cccc(-c2nc(-c3ccccc3)no2)c1. The molecule has 2 aromatic carbocycles. The van der Waals surface area contributed by atoms with Crippen molar-refractivity contribution in [2.24, 2.45) is 0 Å². The number of amides is 1. The normalized spacial score (nSPS) is 16.5. The van der Waals surface area contributed by atoms with Gasteiger partial charge in [0.15, 0.2) is 0 Å². The number of aromatic nitrogens is 2. The molecule has 3 aromatic rings. The van der Waals surface area contributed by atoms with Gasteiger partial charge in [-0.1, -0.05) is 41.6 Å². The Labute approximate surface area is 151 Å². The minimum absolute atomic E-state index is 0.117. The molecule has 0 spiro atoms. The molecular weight excluding hydrogens is 330 g/mol. The van der Waals surface area contributed by atoms with E-state index in [0.29, 0.717) is 29.4 Å². The average Bonchev–Trinajstić information content (AvgIpc) is 3.39. The molecule has 0 saturated carbocycles. The van der Waals surface area contributed by atoms with Crippen LogP contribution in [0, 0.1) is 0 Å². The van der Waals surface area contributed by atoms with Gasteiger partial charge in [0.2, 0.25) is 5.82 Å². The van der Waals surface area contributed by atoms with Crippen molar-refractivity contribution >= 4 is 5.91 Å². The van der Waals surface area contributed by atoms with Crippen molar-refractivity contribution in [2.45, 2.75) is 18.9 Å². The van der Waals surface area contributed by atoms with Gasteiger partial charge in [-0.15, -0.1) is 0 Å². The van der Waals surface area contributed by atoms with Crippen LogP contribution in [0.2, 0.25) is 0 Å². The molecule has 1 saturated heterocycles. The highest BCUT2D eigenvalue weighted by Crippen LogP contribution is 2.23. The number of carbonyl (C=O) groups is 1. The second-order valence-corrected chi connectivity index (χ2v) is 6.22. The van der Waals surface area contributed by atoms with Crippen molar-refractivity contribution in [2.75, 3.05) is 13.2 Å². The first-order valence-corrected chi connectivity index (χ1v) is 8.69. The van der Waals surface area contributed by atoms with Gasteiger partial charge < -0.3 is 14.6 Å². The van der Waals surface area contributed by atoms with Crippen molar-refractivity contribution in [1.29, 1.82) is 0 Å². The number of hydrogen-bond acceptors (Lipinski definition) is 5. The number of hydrogen-bond donors (Lipinski definition) is 1. The van der Waals surface area contributed by atoms with E-state index >= 15 is 0 Å². The summed E-state index contributed by atoms with van der Waals surface area (Å²) >= 11 is 0. The highest BCUT2D eigenvalue weighted by Gasteiger charge is 2.17. The molecule has 26 heavy (non-hydrogen) atoms. The molecule has 0 aliphatic carbocycles. The third-order valence-electron chi connectivity index (χ3n) is 4.34. The van der Waals surface area contributed by atoms with Gasteiger partial charge in [-0.2, -0.15) is 4.98 Å². The highest BCUT2D eigenvalue weighted by atomic mass is 16.5. The van der Waals surface area contributed by atoms with E-state index in [4.69, 9.17) is 9.26 Å². The molecule has 6 heteroatoms. The second kappa shape index (κ2) is 7.49. The summed E-state index contributed by atoms with van der Waals surface area (Å²) in [6, 6.07) is 16.8. The molecule has 1 aromatic heterocycles. The molecule has 1 N–H and O–H groups in total. The summed E-state index contributed by atoms with van der Waals surface area (Å²) in [5.41, 5.74) is 2.15. The van der Waals surface area contributed by atoms with Crippen LogP contribution in [0.25, 0.3) is 22.8 Å². The number of carbonyl (C=O) groups excluding carboxylic acids is 1. The smallest absolute Gasteiger partial charge is 0.258 e. The lowest BCUT2D eigenvalue weighted by molar-refractivity contribution is 0.0858. The van der Waals surface area contributed by atoms with Gasteiger partial charge in [-0.05, 0) is 31.0 Å². The summed E-state index contributed by atoms with van der Waals surface area (Å²) in [5.74, 6) is 0.775. The summed E-state index contributed by atoms with van der Waals surface area (Å²) in [6.07, 6.45) is 2.16. The van der Waals surface area contributed by atoms with Crippen LogP contribution < -0.4 is 5.32 Å². The van der Waals surface area contributed by atoms with Crippen molar-refractivity contribution in [1.82, 2.24) is 15.5 Å². The Bertz CT molecular complexity index is 886. The number of benzene rings is 2. The molecule has 2 heterocycles. The van der Waals surface area contributed by atoms with Gasteiger partial charge in [0, 0.05) is 29.8 Å². The Morgan fingerprint density at radius 3 is 2.77 bits per heavy atom. The first-order chi connectivity index (χ1) is 12.8. The maximum atomic E-state index is 12.4. The van der Waals surface area contributed by atoms with Crippen molar-refractivity contribution in [3.05, 3.63) is 60.2 Å². The summed E-state index contributed by atoms with van der Waals surface area (Å²) in [7, 11) is 0. The minimum atomic E-state index is -0.134. The summed E-state index contributed by atoms with van der Waals surface area (Å²) in [6.45, 7) is 1.30. The maximum absolute atomic E-state index is 12.4. The molecule has 0 bridgehead atoms. The summed E-state index contributed by atoms with van der Waals surface area (Å²) in [5, 5.41) is 6.94. The predicted molar refractivity (Wildman–Crippen MR) is 96.5 cm³/mol. The Morgan fingerprint density at radius 2 is 1.96 bits per heavy atom. The molecule has 0 radical (unpaired) electrons. The van der Waals surface area contributed by atoms with Gasteiger partial charge in [0.05, 0.1) is 6.10 Å². The Kier molecular flexibility index (Phi) is 4.75. The predicted octanol–water partition coefficient (Wildman–Crippen LogP) is 3.31. The molecule has 132 valence electrons. The van der Waals surface area contributed by atoms with Gasteiger partial charge in [0.1, 0.15) is 0 Å². The fourth-order valence-corrected chi connectivity index (χ4v) is 2.95. The molecule has 1 amide bonds. The van der Waals surface area contributed by atoms with Crippen LogP contribution in [-0.2, 0) is 4.74 Å². The minimum Gasteiger partial charge on any atom is -0.376 e. The zero-order chi connectivity index (χ0) is 17.8. The third kappa shape index (κ3) is 3.65. The largest absolute Gasteiger partial charge is 0.376 e. The first kappa shape index (κ1) is 16.5. The van der Waals surface area contributed by atoms with Crippen molar-refractivity contribution < 1.29 is 14.1 Å². The molecule has 4 rings (SSSR count). The van der Waals surface area contributed by atoms with Crippen LogP contribution >= 0.6 is 0 Å². The molecule has 1 atom stereocenters. The zero-order valence-corrected chi connectivity index (χ0v) is 14.2. The van der Waals surface area contributed by atoms with Gasteiger partial charge in [-0.3, -0.25) is 4.79 Å². The molecule has 6 nitrogen and oxygen atoms in total. The van der Waals surface area contributed by atoms with Crippen LogP contribution in [0.4, 0.5) is 0 Å². The van der Waals surface area contributed by atoms with Crippen LogP contribution in [0.3, 0.4) is 0 Å². The van der Waals surface area contributed by atoms with E-state index in [0.717, 1.165) is 25.0 Å². The average molecular weight is 349 g/mol. The lowest BCUT2D eigenvalue weighted by Crippen LogP contribution is -2.31. The van der Waals surface area contributed by atoms with Crippen molar-refractivity contribution in [3.8, 4) is 22.8 Å². The Balaban J connectivity index is 1.49. The fraction of sp³-hybridized carbons (Fsp3) is 0.250. The number of nitrogens with zero attached hydrogens (tertiary/aromatic N) is 2. The number of nitrogens with one attached hydrogen (secondary N) is 1. The van der Waals surface area contributed by atoms with E-state index in [-0.39, 0.29) is 12.0 Å². The summed E-state index contributed by atoms with van der Waals surface area (Å²) in [4.78, 5) is 16.8. The van der Waals surface area contributed by atoms with Crippen LogP contribution in [-0.4, -0.2) is 35.3 Å². The Morgan fingerprint density at radius 1 is 1.12 bits per heavy atom. The maximum Gasteiger partial charge on any atom is 0.258 e. The second-order valence-electron chi connectivity index (χ2n) is 6.22. The van der Waals surface area contributed by atoms with Gasteiger partial charge in [-0.25, -0.2) is 0 Å². The van der Waals surface area contributed by atoms with Crippen LogP contribution in [0.15, 0.2) is 59.1 Å². The van der Waals surface area contributed by atoms with E-state index < -0.39 is 0 Å². The molecule has 1 aliphatic heterocycles.